The van der Waals surface area contributed by atoms with Crippen LogP contribution in [0.4, 0.5) is 4.79 Å². The Morgan fingerprint density at radius 1 is 1.11 bits per heavy atom. The fourth-order valence-electron chi connectivity index (χ4n) is 2.06. The highest BCUT2D eigenvalue weighted by molar-refractivity contribution is 5.75. The number of hydrogen-bond acceptors (Lipinski definition) is 2. The Kier molecular flexibility index (Phi) is 4.09. The Morgan fingerprint density at radius 2 is 1.61 bits per heavy atom. The first-order valence-electron chi connectivity index (χ1n) is 6.78. The molecule has 2 aliphatic carbocycles. The Bertz CT molecular complexity index is 310. The number of hydrogen-bond donors (Lipinski definition) is 1. The molecule has 0 atom stereocenters. The maximum Gasteiger partial charge on any atom is 0.319 e. The van der Waals surface area contributed by atoms with Crippen LogP contribution in [-0.2, 0) is 4.79 Å². The van der Waals surface area contributed by atoms with E-state index >= 15 is 0 Å². The number of carboxylic acids is 1. The van der Waals surface area contributed by atoms with Gasteiger partial charge in [-0.05, 0) is 37.5 Å². The molecule has 0 aliphatic heterocycles. The second-order valence-corrected chi connectivity index (χ2v) is 5.64. The van der Waals surface area contributed by atoms with Gasteiger partial charge < -0.3 is 14.9 Å². The van der Waals surface area contributed by atoms with E-state index < -0.39 is 5.97 Å². The topological polar surface area (TPSA) is 60.9 Å². The first-order valence-corrected chi connectivity index (χ1v) is 6.78. The van der Waals surface area contributed by atoms with Crippen molar-refractivity contribution < 1.29 is 14.7 Å². The van der Waals surface area contributed by atoms with Crippen LogP contribution in [0.25, 0.3) is 0 Å². The van der Waals surface area contributed by atoms with Crippen molar-refractivity contribution in [2.75, 3.05) is 26.7 Å². The van der Waals surface area contributed by atoms with Crippen molar-refractivity contribution >= 4 is 12.0 Å². The zero-order valence-electron chi connectivity index (χ0n) is 11.0. The number of nitrogens with zero attached hydrogens (tertiary/aromatic N) is 2. The summed E-state index contributed by atoms with van der Waals surface area (Å²) >= 11 is 0. The van der Waals surface area contributed by atoms with Crippen LogP contribution in [0.3, 0.4) is 0 Å². The van der Waals surface area contributed by atoms with E-state index in [2.05, 4.69) is 0 Å². The summed E-state index contributed by atoms with van der Waals surface area (Å²) in [6, 6.07) is -0.00458. The van der Waals surface area contributed by atoms with Gasteiger partial charge in [-0.15, -0.1) is 0 Å². The molecule has 2 fully saturated rings. The lowest BCUT2D eigenvalue weighted by molar-refractivity contribution is -0.137. The molecule has 0 unspecified atom stereocenters. The zero-order chi connectivity index (χ0) is 13.1. The van der Waals surface area contributed by atoms with E-state index in [1.807, 2.05) is 4.90 Å². The average molecular weight is 254 g/mol. The molecule has 2 amide bonds. The van der Waals surface area contributed by atoms with Gasteiger partial charge in [0.05, 0.1) is 6.42 Å². The van der Waals surface area contributed by atoms with Crippen LogP contribution in [0, 0.1) is 11.8 Å². The highest BCUT2D eigenvalue weighted by Crippen LogP contribution is 2.34. The third-order valence-electron chi connectivity index (χ3n) is 3.61. The highest BCUT2D eigenvalue weighted by atomic mass is 16.4. The first-order chi connectivity index (χ1) is 8.56. The van der Waals surface area contributed by atoms with Gasteiger partial charge in [0.1, 0.15) is 0 Å². The Hall–Kier alpha value is -1.26. The minimum Gasteiger partial charge on any atom is -0.481 e. The summed E-state index contributed by atoms with van der Waals surface area (Å²) in [5.74, 6) is 0.506. The summed E-state index contributed by atoms with van der Waals surface area (Å²) in [5.41, 5.74) is 0. The van der Waals surface area contributed by atoms with Gasteiger partial charge in [0.25, 0.3) is 0 Å². The quantitative estimate of drug-likeness (QED) is 0.751. The molecule has 2 saturated carbocycles. The van der Waals surface area contributed by atoms with Crippen LogP contribution in [0.5, 0.6) is 0 Å². The fraction of sp³-hybridized carbons (Fsp3) is 0.846. The number of aliphatic carboxylic acids is 1. The van der Waals surface area contributed by atoms with Crippen LogP contribution in [-0.4, -0.2) is 53.6 Å². The molecule has 18 heavy (non-hydrogen) atoms. The van der Waals surface area contributed by atoms with Crippen LogP contribution >= 0.6 is 0 Å². The molecular weight excluding hydrogens is 232 g/mol. The van der Waals surface area contributed by atoms with Crippen molar-refractivity contribution in [2.45, 2.75) is 32.1 Å². The SMILES string of the molecule is CN(CCC(=O)O)C(=O)N(CC1CC1)CC1CC1. The maximum atomic E-state index is 12.2. The first kappa shape index (κ1) is 13.2. The minimum atomic E-state index is -0.856. The lowest BCUT2D eigenvalue weighted by Gasteiger charge is -2.28. The third kappa shape index (κ3) is 4.20. The molecule has 2 aliphatic rings. The number of rotatable bonds is 7. The van der Waals surface area contributed by atoms with Crippen LogP contribution in [0.15, 0.2) is 0 Å². The molecule has 5 nitrogen and oxygen atoms in total. The van der Waals surface area contributed by atoms with Crippen molar-refractivity contribution in [1.29, 1.82) is 0 Å². The van der Waals surface area contributed by atoms with Gasteiger partial charge in [0.15, 0.2) is 0 Å². The molecule has 0 bridgehead atoms. The average Bonchev–Trinajstić information content (AvgIpc) is 3.18. The van der Waals surface area contributed by atoms with Gasteiger partial charge >= 0.3 is 12.0 Å². The van der Waals surface area contributed by atoms with Crippen LogP contribution in [0.2, 0.25) is 0 Å². The summed E-state index contributed by atoms with van der Waals surface area (Å²) in [4.78, 5) is 26.2. The smallest absolute Gasteiger partial charge is 0.319 e. The molecule has 5 heteroatoms. The molecular formula is C13H22N2O3. The molecule has 0 spiro atoms. The molecule has 0 saturated heterocycles. The van der Waals surface area contributed by atoms with E-state index in [1.54, 1.807) is 11.9 Å². The number of urea groups is 1. The Morgan fingerprint density at radius 3 is 2.00 bits per heavy atom. The van der Waals surface area contributed by atoms with Gasteiger partial charge in [-0.1, -0.05) is 0 Å². The van der Waals surface area contributed by atoms with Gasteiger partial charge in [0, 0.05) is 26.7 Å². The van der Waals surface area contributed by atoms with Crippen LogP contribution < -0.4 is 0 Å². The lowest BCUT2D eigenvalue weighted by atomic mass is 10.3. The summed E-state index contributed by atoms with van der Waals surface area (Å²) in [6.45, 7) is 2.00. The van der Waals surface area contributed by atoms with E-state index in [9.17, 15) is 9.59 Å². The number of amides is 2. The highest BCUT2D eigenvalue weighted by Gasteiger charge is 2.32. The summed E-state index contributed by atoms with van der Waals surface area (Å²) < 4.78 is 0. The molecule has 0 heterocycles. The van der Waals surface area contributed by atoms with E-state index in [0.717, 1.165) is 13.1 Å². The molecule has 102 valence electrons. The largest absolute Gasteiger partial charge is 0.481 e. The monoisotopic (exact) mass is 254 g/mol. The second kappa shape index (κ2) is 5.59. The number of carboxylic acid groups (broad SMARTS) is 1. The lowest BCUT2D eigenvalue weighted by Crippen LogP contribution is -2.43. The third-order valence-corrected chi connectivity index (χ3v) is 3.61. The predicted octanol–water partition coefficient (Wildman–Crippen LogP) is 1.63. The number of carbonyl (C=O) groups excluding carboxylic acids is 1. The minimum absolute atomic E-state index is 0.00458. The van der Waals surface area contributed by atoms with Gasteiger partial charge in [-0.3, -0.25) is 4.79 Å². The molecule has 0 aromatic rings. The standard InChI is InChI=1S/C13H22N2O3/c1-14(7-6-12(16)17)13(18)15(8-10-2-3-10)9-11-4-5-11/h10-11H,2-9H2,1H3,(H,16,17). The van der Waals surface area contributed by atoms with E-state index in [0.29, 0.717) is 18.4 Å². The van der Waals surface area contributed by atoms with Crippen molar-refractivity contribution in [2.24, 2.45) is 11.8 Å². The second-order valence-electron chi connectivity index (χ2n) is 5.64. The Balaban J connectivity index is 1.81. The van der Waals surface area contributed by atoms with Crippen molar-refractivity contribution in [3.63, 3.8) is 0 Å². The Labute approximate surface area is 108 Å². The fourth-order valence-corrected chi connectivity index (χ4v) is 2.06. The molecule has 0 aromatic carbocycles. The van der Waals surface area contributed by atoms with Gasteiger partial charge in [0.2, 0.25) is 0 Å². The summed E-state index contributed by atoms with van der Waals surface area (Å²) in [5, 5.41) is 8.64. The predicted molar refractivity (Wildman–Crippen MR) is 67.3 cm³/mol. The van der Waals surface area contributed by atoms with Gasteiger partial charge in [-0.2, -0.15) is 0 Å². The normalized spacial score (nSPS) is 18.5. The number of carbonyl (C=O) groups is 2. The van der Waals surface area contributed by atoms with Gasteiger partial charge in [-0.25, -0.2) is 4.79 Å². The van der Waals surface area contributed by atoms with E-state index in [1.165, 1.54) is 25.7 Å². The zero-order valence-corrected chi connectivity index (χ0v) is 11.0. The van der Waals surface area contributed by atoms with E-state index in [-0.39, 0.29) is 12.5 Å². The molecule has 0 radical (unpaired) electrons. The molecule has 0 aromatic heterocycles. The maximum absolute atomic E-state index is 12.2. The molecule has 2 rings (SSSR count). The van der Waals surface area contributed by atoms with E-state index in [4.69, 9.17) is 5.11 Å². The summed E-state index contributed by atoms with van der Waals surface area (Å²) in [6.07, 6.45) is 4.93. The van der Waals surface area contributed by atoms with Crippen molar-refractivity contribution in [3.8, 4) is 0 Å². The van der Waals surface area contributed by atoms with Crippen molar-refractivity contribution in [3.05, 3.63) is 0 Å². The summed E-state index contributed by atoms with van der Waals surface area (Å²) in [7, 11) is 1.69. The van der Waals surface area contributed by atoms with Crippen LogP contribution in [0.1, 0.15) is 32.1 Å². The molecule has 1 N–H and O–H groups in total. The van der Waals surface area contributed by atoms with Crippen molar-refractivity contribution in [1.82, 2.24) is 9.80 Å².